The predicted octanol–water partition coefficient (Wildman–Crippen LogP) is 0.556. The summed E-state index contributed by atoms with van der Waals surface area (Å²) in [5.74, 6) is 0. The summed E-state index contributed by atoms with van der Waals surface area (Å²) in [5, 5.41) is 4.92. The molecule has 0 N–H and O–H groups in total. The van der Waals surface area contributed by atoms with Gasteiger partial charge in [-0.2, -0.15) is 0 Å². The molecule has 26 heavy (non-hydrogen) atoms. The molecule has 0 saturated heterocycles. The van der Waals surface area contributed by atoms with Gasteiger partial charge in [0.15, 0.2) is 0 Å². The van der Waals surface area contributed by atoms with Crippen molar-refractivity contribution in [3.05, 3.63) is 87.3 Å². The van der Waals surface area contributed by atoms with Crippen molar-refractivity contribution in [2.45, 2.75) is 40.7 Å². The number of allylic oxidation sites excluding steroid dienone is 4. The number of benzene rings is 2. The van der Waals surface area contributed by atoms with Gasteiger partial charge in [0.05, 0.1) is 0 Å². The molecule has 2 aromatic rings. The van der Waals surface area contributed by atoms with E-state index in [9.17, 15) is 0 Å². The standard InChI is InChI=1S/C22H24N.2ClH.Ti/c1-15-9-10-19(13-15)21-8-6-5-7-20(21)14-23-22-17(3)11-16(2)12-18(22)4;;;/h5-9,11-13H,10,14H2,1-4H3;2*1H;/q-1;;;+3/p-2. The molecule has 3 rings (SSSR count). The van der Waals surface area contributed by atoms with Crippen molar-refractivity contribution in [1.29, 1.82) is 0 Å². The molecule has 1 nitrogen and oxygen atoms in total. The van der Waals surface area contributed by atoms with Crippen LogP contribution >= 0.6 is 0 Å². The molecule has 0 bridgehead atoms. The second-order valence-electron chi connectivity index (χ2n) is 6.54. The molecule has 0 spiro atoms. The van der Waals surface area contributed by atoms with E-state index >= 15 is 0 Å². The third-order valence-corrected chi connectivity index (χ3v) is 4.45. The summed E-state index contributed by atoms with van der Waals surface area (Å²) in [6.45, 7) is 9.34. The molecule has 0 fully saturated rings. The summed E-state index contributed by atoms with van der Waals surface area (Å²) in [5.41, 5.74) is 10.4. The Bertz CT molecular complexity index is 787. The van der Waals surface area contributed by atoms with Crippen LogP contribution in [-0.4, -0.2) is 0 Å². The zero-order chi connectivity index (χ0) is 16.4. The van der Waals surface area contributed by atoms with Crippen molar-refractivity contribution in [1.82, 2.24) is 0 Å². The van der Waals surface area contributed by atoms with Gasteiger partial charge in [0, 0.05) is 0 Å². The molecule has 135 valence electrons. The van der Waals surface area contributed by atoms with Crippen LogP contribution in [0.1, 0.15) is 41.2 Å². The SMILES string of the molecule is CC1=CCC(c2ccccc2C[N-]c2c(C)cc(C)cc2C)=C1.[Cl-].[Cl-].[Ti+3]. The van der Waals surface area contributed by atoms with Gasteiger partial charge in [0.2, 0.25) is 0 Å². The monoisotopic (exact) mass is 420 g/mol. The first kappa shape index (κ1) is 25.0. The van der Waals surface area contributed by atoms with E-state index in [0.717, 1.165) is 18.7 Å². The average Bonchev–Trinajstić information content (AvgIpc) is 2.93. The van der Waals surface area contributed by atoms with E-state index < -0.39 is 0 Å². The van der Waals surface area contributed by atoms with Crippen LogP contribution in [0.4, 0.5) is 5.69 Å². The largest absolute Gasteiger partial charge is 3.00 e. The van der Waals surface area contributed by atoms with Crippen LogP contribution in [0.25, 0.3) is 10.9 Å². The maximum Gasteiger partial charge on any atom is 3.00 e. The van der Waals surface area contributed by atoms with E-state index in [2.05, 4.69) is 76.2 Å². The van der Waals surface area contributed by atoms with Gasteiger partial charge in [-0.1, -0.05) is 76.4 Å². The zero-order valence-electron chi connectivity index (χ0n) is 15.7. The summed E-state index contributed by atoms with van der Waals surface area (Å²) >= 11 is 0. The summed E-state index contributed by atoms with van der Waals surface area (Å²) in [7, 11) is 0. The van der Waals surface area contributed by atoms with Crippen molar-refractivity contribution in [3.8, 4) is 0 Å². The average molecular weight is 421 g/mol. The minimum absolute atomic E-state index is 0. The van der Waals surface area contributed by atoms with Crippen molar-refractivity contribution in [2.75, 3.05) is 0 Å². The molecule has 1 aliphatic carbocycles. The smallest absolute Gasteiger partial charge is 1.00 e. The van der Waals surface area contributed by atoms with Gasteiger partial charge in [-0.25, -0.2) is 0 Å². The second-order valence-corrected chi connectivity index (χ2v) is 6.54. The second kappa shape index (κ2) is 11.0. The third-order valence-electron chi connectivity index (χ3n) is 4.45. The molecule has 1 radical (unpaired) electrons. The van der Waals surface area contributed by atoms with Crippen molar-refractivity contribution in [3.63, 3.8) is 0 Å². The van der Waals surface area contributed by atoms with E-state index in [1.54, 1.807) is 0 Å². The van der Waals surface area contributed by atoms with Gasteiger partial charge in [-0.15, -0.1) is 12.2 Å². The molecule has 0 heterocycles. The first-order valence-corrected chi connectivity index (χ1v) is 8.25. The fourth-order valence-corrected chi connectivity index (χ4v) is 3.41. The Morgan fingerprint density at radius 2 is 1.54 bits per heavy atom. The Hall–Kier alpha value is -0.986. The van der Waals surface area contributed by atoms with Crippen LogP contribution in [-0.2, 0) is 28.3 Å². The van der Waals surface area contributed by atoms with E-state index in [4.69, 9.17) is 5.32 Å². The minimum Gasteiger partial charge on any atom is -1.00 e. The Morgan fingerprint density at radius 1 is 0.923 bits per heavy atom. The molecule has 2 aromatic carbocycles. The minimum atomic E-state index is 0. The number of halogens is 2. The summed E-state index contributed by atoms with van der Waals surface area (Å²) in [6, 6.07) is 13.1. The zero-order valence-corrected chi connectivity index (χ0v) is 18.8. The Balaban J connectivity index is 0.00000208. The maximum absolute atomic E-state index is 4.92. The van der Waals surface area contributed by atoms with Crippen LogP contribution in [0, 0.1) is 20.8 Å². The third kappa shape index (κ3) is 5.76. The molecule has 4 heteroatoms. The Labute approximate surface area is 185 Å². The van der Waals surface area contributed by atoms with Crippen LogP contribution in [0.2, 0.25) is 0 Å². The van der Waals surface area contributed by atoms with Crippen LogP contribution < -0.4 is 24.8 Å². The summed E-state index contributed by atoms with van der Waals surface area (Å²) < 4.78 is 0. The molecule has 1 aliphatic rings. The van der Waals surface area contributed by atoms with Gasteiger partial charge in [0.25, 0.3) is 0 Å². The number of rotatable bonds is 4. The Kier molecular flexibility index (Phi) is 10.6. The molecule has 0 aliphatic heterocycles. The first-order valence-electron chi connectivity index (χ1n) is 8.25. The van der Waals surface area contributed by atoms with Crippen LogP contribution in [0.3, 0.4) is 0 Å². The van der Waals surface area contributed by atoms with E-state index in [0.29, 0.717) is 0 Å². The van der Waals surface area contributed by atoms with E-state index in [1.165, 1.54) is 39.0 Å². The van der Waals surface area contributed by atoms with E-state index in [1.807, 2.05) is 0 Å². The summed E-state index contributed by atoms with van der Waals surface area (Å²) in [6.07, 6.45) is 5.62. The van der Waals surface area contributed by atoms with Crippen molar-refractivity contribution >= 4 is 11.3 Å². The summed E-state index contributed by atoms with van der Waals surface area (Å²) in [4.78, 5) is 0. The van der Waals surface area contributed by atoms with Gasteiger partial charge < -0.3 is 30.1 Å². The molecule has 0 unspecified atom stereocenters. The van der Waals surface area contributed by atoms with Crippen molar-refractivity contribution < 1.29 is 46.5 Å². The fourth-order valence-electron chi connectivity index (χ4n) is 3.41. The number of aryl methyl sites for hydroxylation is 3. The van der Waals surface area contributed by atoms with E-state index in [-0.39, 0.29) is 46.5 Å². The van der Waals surface area contributed by atoms with Crippen LogP contribution in [0.5, 0.6) is 0 Å². The van der Waals surface area contributed by atoms with Gasteiger partial charge >= 0.3 is 21.7 Å². The normalized spacial score (nSPS) is 12.2. The van der Waals surface area contributed by atoms with Crippen molar-refractivity contribution in [2.24, 2.45) is 0 Å². The van der Waals surface area contributed by atoms with Gasteiger partial charge in [-0.05, 0) is 45.3 Å². The number of hydrogen-bond acceptors (Lipinski definition) is 0. The molecule has 0 aromatic heterocycles. The van der Waals surface area contributed by atoms with Gasteiger partial charge in [-0.3, -0.25) is 0 Å². The predicted molar refractivity (Wildman–Crippen MR) is 100 cm³/mol. The molecular formula is C22H24Cl2NTi. The molecule has 0 saturated carbocycles. The Morgan fingerprint density at radius 3 is 2.12 bits per heavy atom. The molecule has 0 atom stereocenters. The fraction of sp³-hybridized carbons (Fsp3) is 0.273. The maximum atomic E-state index is 4.92. The number of hydrogen-bond donors (Lipinski definition) is 0. The topological polar surface area (TPSA) is 14.1 Å². The first-order chi connectivity index (χ1) is 11.0. The molecule has 0 amide bonds. The molecular weight excluding hydrogens is 397 g/mol. The number of nitrogens with zero attached hydrogens (tertiary/aromatic N) is 1. The van der Waals surface area contributed by atoms with Crippen LogP contribution in [0.15, 0.2) is 54.1 Å². The quantitative estimate of drug-likeness (QED) is 0.641. The van der Waals surface area contributed by atoms with Gasteiger partial charge in [0.1, 0.15) is 0 Å².